The number of rotatable bonds is 4. The lowest BCUT2D eigenvalue weighted by atomic mass is 10.0. The fraction of sp³-hybridized carbons (Fsp3) is 0.533. The summed E-state index contributed by atoms with van der Waals surface area (Å²) in [5.74, 6) is 1.55. The molecular formula is C15H21NO2S. The molecule has 1 aliphatic rings. The maximum atomic E-state index is 11.2. The highest BCUT2D eigenvalue weighted by Crippen LogP contribution is 2.20. The molecule has 0 aliphatic carbocycles. The van der Waals surface area contributed by atoms with E-state index in [0.717, 1.165) is 18.8 Å². The minimum Gasteiger partial charge on any atom is -0.480 e. The number of nitrogens with zero attached hydrogens (tertiary/aromatic N) is 1. The molecule has 0 spiro atoms. The molecule has 1 heterocycles. The Bertz CT molecular complexity index is 430. The van der Waals surface area contributed by atoms with Crippen LogP contribution in [0.2, 0.25) is 0 Å². The topological polar surface area (TPSA) is 40.5 Å². The van der Waals surface area contributed by atoms with Gasteiger partial charge in [0.15, 0.2) is 0 Å². The molecule has 104 valence electrons. The van der Waals surface area contributed by atoms with Crippen molar-refractivity contribution in [2.24, 2.45) is 0 Å². The number of carbonyl (C=O) groups is 1. The zero-order chi connectivity index (χ0) is 13.8. The summed E-state index contributed by atoms with van der Waals surface area (Å²) in [4.78, 5) is 13.3. The van der Waals surface area contributed by atoms with E-state index in [1.165, 1.54) is 11.1 Å². The number of benzene rings is 1. The van der Waals surface area contributed by atoms with Crippen molar-refractivity contribution < 1.29 is 9.90 Å². The number of carboxylic acids is 1. The summed E-state index contributed by atoms with van der Waals surface area (Å²) in [6.45, 7) is 5.94. The highest BCUT2D eigenvalue weighted by molar-refractivity contribution is 7.99. The van der Waals surface area contributed by atoms with E-state index in [0.29, 0.717) is 11.7 Å². The standard InChI is InChI=1S/C15H21NO2S/c1-11(2)13-5-3-12(4-6-13)9-16-7-8-19-10-14(16)15(17)18/h3-6,11,14H,7-10H2,1-2H3,(H,17,18). The molecule has 1 aliphatic heterocycles. The molecule has 19 heavy (non-hydrogen) atoms. The Labute approximate surface area is 119 Å². The van der Waals surface area contributed by atoms with Crippen molar-refractivity contribution >= 4 is 17.7 Å². The highest BCUT2D eigenvalue weighted by atomic mass is 32.2. The minimum atomic E-state index is -0.703. The molecule has 1 aromatic carbocycles. The molecule has 1 aromatic rings. The van der Waals surface area contributed by atoms with E-state index in [9.17, 15) is 9.90 Å². The first-order valence-corrected chi connectivity index (χ1v) is 7.87. The predicted octanol–water partition coefficient (Wildman–Crippen LogP) is 2.81. The molecule has 0 aromatic heterocycles. The Balaban J connectivity index is 2.04. The van der Waals surface area contributed by atoms with Crippen LogP contribution in [0.3, 0.4) is 0 Å². The average Bonchev–Trinajstić information content (AvgIpc) is 2.39. The van der Waals surface area contributed by atoms with Crippen LogP contribution in [-0.4, -0.2) is 40.1 Å². The van der Waals surface area contributed by atoms with Gasteiger partial charge in [-0.25, -0.2) is 0 Å². The molecule has 1 N–H and O–H groups in total. The monoisotopic (exact) mass is 279 g/mol. The SMILES string of the molecule is CC(C)c1ccc(CN2CCSCC2C(=O)O)cc1. The maximum Gasteiger partial charge on any atom is 0.321 e. The van der Waals surface area contributed by atoms with Gasteiger partial charge in [0.25, 0.3) is 0 Å². The summed E-state index contributed by atoms with van der Waals surface area (Å²) in [6, 6.07) is 8.19. The Hall–Kier alpha value is -1.00. The van der Waals surface area contributed by atoms with E-state index >= 15 is 0 Å². The third-order valence-corrected chi connectivity index (χ3v) is 4.58. The molecule has 3 nitrogen and oxygen atoms in total. The van der Waals surface area contributed by atoms with Crippen LogP contribution in [0.15, 0.2) is 24.3 Å². The molecule has 1 saturated heterocycles. The quantitative estimate of drug-likeness (QED) is 0.920. The molecule has 1 atom stereocenters. The smallest absolute Gasteiger partial charge is 0.321 e. The Kier molecular flexibility index (Phi) is 4.88. The summed E-state index contributed by atoms with van der Waals surface area (Å²) in [5, 5.41) is 9.25. The molecule has 0 bridgehead atoms. The molecule has 4 heteroatoms. The van der Waals surface area contributed by atoms with Gasteiger partial charge in [0.05, 0.1) is 0 Å². The van der Waals surface area contributed by atoms with Crippen LogP contribution in [-0.2, 0) is 11.3 Å². The molecule has 1 unspecified atom stereocenters. The van der Waals surface area contributed by atoms with Crippen LogP contribution in [0.4, 0.5) is 0 Å². The van der Waals surface area contributed by atoms with Gasteiger partial charge in [-0.3, -0.25) is 9.69 Å². The van der Waals surface area contributed by atoms with Gasteiger partial charge in [-0.1, -0.05) is 38.1 Å². The van der Waals surface area contributed by atoms with E-state index in [1.807, 2.05) is 0 Å². The molecule has 0 radical (unpaired) electrons. The van der Waals surface area contributed by atoms with Crippen molar-refractivity contribution in [1.82, 2.24) is 4.90 Å². The number of carboxylic acid groups (broad SMARTS) is 1. The number of thioether (sulfide) groups is 1. The van der Waals surface area contributed by atoms with Gasteiger partial charge in [-0.05, 0) is 17.0 Å². The molecule has 1 fully saturated rings. The first-order valence-electron chi connectivity index (χ1n) is 6.71. The lowest BCUT2D eigenvalue weighted by Gasteiger charge is -2.32. The van der Waals surface area contributed by atoms with Gasteiger partial charge < -0.3 is 5.11 Å². The summed E-state index contributed by atoms with van der Waals surface area (Å²) in [6.07, 6.45) is 0. The zero-order valence-corrected chi connectivity index (χ0v) is 12.3. The van der Waals surface area contributed by atoms with E-state index in [1.54, 1.807) is 11.8 Å². The lowest BCUT2D eigenvalue weighted by Crippen LogP contribution is -2.46. The van der Waals surface area contributed by atoms with Gasteiger partial charge >= 0.3 is 5.97 Å². The molecule has 2 rings (SSSR count). The van der Waals surface area contributed by atoms with Gasteiger partial charge in [0.2, 0.25) is 0 Å². The molecule has 0 saturated carbocycles. The normalized spacial score (nSPS) is 20.7. The van der Waals surface area contributed by atoms with Crippen molar-refractivity contribution in [3.63, 3.8) is 0 Å². The van der Waals surface area contributed by atoms with Gasteiger partial charge in [0, 0.05) is 24.6 Å². The Morgan fingerprint density at radius 1 is 1.42 bits per heavy atom. The third kappa shape index (κ3) is 3.74. The zero-order valence-electron chi connectivity index (χ0n) is 11.5. The van der Waals surface area contributed by atoms with E-state index in [2.05, 4.69) is 43.0 Å². The van der Waals surface area contributed by atoms with E-state index < -0.39 is 5.97 Å². The van der Waals surface area contributed by atoms with Crippen molar-refractivity contribution in [3.05, 3.63) is 35.4 Å². The second-order valence-corrected chi connectivity index (χ2v) is 6.45. The van der Waals surface area contributed by atoms with Crippen LogP contribution in [0.1, 0.15) is 30.9 Å². The van der Waals surface area contributed by atoms with Gasteiger partial charge in [0.1, 0.15) is 6.04 Å². The maximum absolute atomic E-state index is 11.2. The summed E-state index contributed by atoms with van der Waals surface area (Å²) in [7, 11) is 0. The van der Waals surface area contributed by atoms with E-state index in [-0.39, 0.29) is 6.04 Å². The fourth-order valence-electron chi connectivity index (χ4n) is 2.30. The van der Waals surface area contributed by atoms with Crippen molar-refractivity contribution in [2.45, 2.75) is 32.4 Å². The van der Waals surface area contributed by atoms with Gasteiger partial charge in [-0.2, -0.15) is 11.8 Å². The number of aliphatic carboxylic acids is 1. The van der Waals surface area contributed by atoms with Crippen molar-refractivity contribution in [1.29, 1.82) is 0 Å². The second kappa shape index (κ2) is 6.44. The predicted molar refractivity (Wildman–Crippen MR) is 79.7 cm³/mol. The highest BCUT2D eigenvalue weighted by Gasteiger charge is 2.28. The Morgan fingerprint density at radius 3 is 2.68 bits per heavy atom. The van der Waals surface area contributed by atoms with Crippen molar-refractivity contribution in [2.75, 3.05) is 18.1 Å². The third-order valence-electron chi connectivity index (χ3n) is 3.56. The molecule has 0 amide bonds. The largest absolute Gasteiger partial charge is 0.480 e. The first kappa shape index (κ1) is 14.4. The summed E-state index contributed by atoms with van der Waals surface area (Å²) in [5.41, 5.74) is 2.52. The summed E-state index contributed by atoms with van der Waals surface area (Å²) >= 11 is 1.73. The van der Waals surface area contributed by atoms with Crippen LogP contribution >= 0.6 is 11.8 Å². The number of hydrogen-bond donors (Lipinski definition) is 1. The van der Waals surface area contributed by atoms with Crippen LogP contribution in [0.5, 0.6) is 0 Å². The number of hydrogen-bond acceptors (Lipinski definition) is 3. The Morgan fingerprint density at radius 2 is 2.11 bits per heavy atom. The van der Waals surface area contributed by atoms with Crippen molar-refractivity contribution in [3.8, 4) is 0 Å². The summed E-state index contributed by atoms with van der Waals surface area (Å²) < 4.78 is 0. The average molecular weight is 279 g/mol. The lowest BCUT2D eigenvalue weighted by molar-refractivity contribution is -0.142. The van der Waals surface area contributed by atoms with Crippen LogP contribution < -0.4 is 0 Å². The van der Waals surface area contributed by atoms with E-state index in [4.69, 9.17) is 0 Å². The van der Waals surface area contributed by atoms with Gasteiger partial charge in [-0.15, -0.1) is 0 Å². The first-order chi connectivity index (χ1) is 9.08. The van der Waals surface area contributed by atoms with Crippen LogP contribution in [0.25, 0.3) is 0 Å². The fourth-order valence-corrected chi connectivity index (χ4v) is 3.40. The molecular weight excluding hydrogens is 258 g/mol. The second-order valence-electron chi connectivity index (χ2n) is 5.30. The van der Waals surface area contributed by atoms with Crippen LogP contribution in [0, 0.1) is 0 Å². The minimum absolute atomic E-state index is 0.344.